The number of amides is 1. The van der Waals surface area contributed by atoms with Crippen molar-refractivity contribution < 1.29 is 13.2 Å². The number of carbonyl (C=O) groups excluding carboxylic acids is 1. The van der Waals surface area contributed by atoms with Crippen molar-refractivity contribution in [1.82, 2.24) is 14.6 Å². The van der Waals surface area contributed by atoms with Gasteiger partial charge >= 0.3 is 0 Å². The lowest BCUT2D eigenvalue weighted by atomic mass is 9.97. The SMILES string of the molecule is CC(NC(=O)C1CCN(S(=O)(=O)c2ccc(Br)cc2)CC1)c1nc(-c2ccc(Cl)cc2Cl)cs1. The average molecular weight is 603 g/mol. The van der Waals surface area contributed by atoms with E-state index in [0.29, 0.717) is 36.0 Å². The summed E-state index contributed by atoms with van der Waals surface area (Å²) in [7, 11) is -3.57. The van der Waals surface area contributed by atoms with E-state index in [4.69, 9.17) is 23.2 Å². The first-order valence-electron chi connectivity index (χ1n) is 10.6. The van der Waals surface area contributed by atoms with Crippen molar-refractivity contribution in [3.63, 3.8) is 0 Å². The molecule has 0 saturated carbocycles. The third kappa shape index (κ3) is 5.66. The average Bonchev–Trinajstić information content (AvgIpc) is 3.29. The second-order valence-corrected chi connectivity index (χ2v) is 12.6. The van der Waals surface area contributed by atoms with Crippen LogP contribution in [-0.2, 0) is 14.8 Å². The van der Waals surface area contributed by atoms with Crippen LogP contribution >= 0.6 is 50.5 Å². The molecule has 0 radical (unpaired) electrons. The largest absolute Gasteiger partial charge is 0.347 e. The van der Waals surface area contributed by atoms with Crippen LogP contribution in [0, 0.1) is 5.92 Å². The zero-order chi connectivity index (χ0) is 24.5. The van der Waals surface area contributed by atoms with Gasteiger partial charge in [0.05, 0.1) is 21.7 Å². The van der Waals surface area contributed by atoms with Crippen LogP contribution in [0.15, 0.2) is 57.2 Å². The lowest BCUT2D eigenvalue weighted by Crippen LogP contribution is -2.43. The van der Waals surface area contributed by atoms with Gasteiger partial charge in [0.25, 0.3) is 0 Å². The van der Waals surface area contributed by atoms with E-state index in [2.05, 4.69) is 26.2 Å². The number of sulfonamides is 1. The minimum Gasteiger partial charge on any atom is -0.347 e. The van der Waals surface area contributed by atoms with Crippen molar-refractivity contribution in [2.24, 2.45) is 5.92 Å². The smallest absolute Gasteiger partial charge is 0.243 e. The van der Waals surface area contributed by atoms with Crippen molar-refractivity contribution in [3.8, 4) is 11.3 Å². The highest BCUT2D eigenvalue weighted by Gasteiger charge is 2.32. The van der Waals surface area contributed by atoms with Crippen LogP contribution < -0.4 is 5.32 Å². The molecule has 0 spiro atoms. The van der Waals surface area contributed by atoms with Crippen LogP contribution in [0.1, 0.15) is 30.8 Å². The third-order valence-corrected chi connectivity index (χ3v) is 9.75. The van der Waals surface area contributed by atoms with E-state index in [1.54, 1.807) is 36.4 Å². The van der Waals surface area contributed by atoms with Crippen molar-refractivity contribution >= 4 is 66.4 Å². The predicted molar refractivity (Wildman–Crippen MR) is 140 cm³/mol. The Balaban J connectivity index is 1.35. The maximum absolute atomic E-state index is 12.9. The number of aromatic nitrogens is 1. The number of halogens is 3. The molecule has 0 aliphatic carbocycles. The molecule has 11 heteroatoms. The fourth-order valence-corrected chi connectivity index (χ4v) is 6.88. The van der Waals surface area contributed by atoms with Crippen LogP contribution in [0.25, 0.3) is 11.3 Å². The Kier molecular flexibility index (Phi) is 8.01. The Bertz CT molecular complexity index is 1290. The number of nitrogens with zero attached hydrogens (tertiary/aromatic N) is 2. The Labute approximate surface area is 221 Å². The van der Waals surface area contributed by atoms with Gasteiger partial charge in [-0.2, -0.15) is 4.31 Å². The minimum atomic E-state index is -3.57. The zero-order valence-electron chi connectivity index (χ0n) is 18.2. The molecule has 1 aliphatic heterocycles. The summed E-state index contributed by atoms with van der Waals surface area (Å²) in [6.07, 6.45) is 0.940. The molecule has 34 heavy (non-hydrogen) atoms. The van der Waals surface area contributed by atoms with E-state index in [9.17, 15) is 13.2 Å². The number of rotatable bonds is 6. The number of piperidine rings is 1. The number of hydrogen-bond donors (Lipinski definition) is 1. The summed E-state index contributed by atoms with van der Waals surface area (Å²) in [5.74, 6) is -0.335. The molecule has 1 N–H and O–H groups in total. The van der Waals surface area contributed by atoms with Crippen LogP contribution in [0.2, 0.25) is 10.0 Å². The fraction of sp³-hybridized carbons (Fsp3) is 0.304. The predicted octanol–water partition coefficient (Wildman–Crippen LogP) is 6.16. The Morgan fingerprint density at radius 1 is 1.18 bits per heavy atom. The first-order valence-corrected chi connectivity index (χ1v) is 14.5. The number of thiazole rings is 1. The van der Waals surface area contributed by atoms with Gasteiger partial charge in [0, 0.05) is 39.4 Å². The Hall–Kier alpha value is -1.49. The summed E-state index contributed by atoms with van der Waals surface area (Å²) >= 11 is 17.0. The molecule has 1 amide bonds. The third-order valence-electron chi connectivity index (χ3n) is 5.73. The first-order chi connectivity index (χ1) is 16.1. The monoisotopic (exact) mass is 601 g/mol. The van der Waals surface area contributed by atoms with Gasteiger partial charge in [-0.25, -0.2) is 13.4 Å². The number of hydrogen-bond acceptors (Lipinski definition) is 5. The zero-order valence-corrected chi connectivity index (χ0v) is 22.9. The van der Waals surface area contributed by atoms with E-state index >= 15 is 0 Å². The normalized spacial score (nSPS) is 16.4. The van der Waals surface area contributed by atoms with Gasteiger partial charge in [-0.05, 0) is 62.2 Å². The molecule has 1 saturated heterocycles. The maximum Gasteiger partial charge on any atom is 0.243 e. The summed E-state index contributed by atoms with van der Waals surface area (Å²) in [5, 5.41) is 6.77. The van der Waals surface area contributed by atoms with Gasteiger partial charge in [0.2, 0.25) is 15.9 Å². The summed E-state index contributed by atoms with van der Waals surface area (Å²) in [6.45, 7) is 2.50. The molecule has 3 aromatic rings. The Morgan fingerprint density at radius 3 is 2.50 bits per heavy atom. The quantitative estimate of drug-likeness (QED) is 0.367. The summed E-state index contributed by atoms with van der Waals surface area (Å²) in [4.78, 5) is 17.8. The molecule has 1 aliphatic rings. The molecule has 180 valence electrons. The van der Waals surface area contributed by atoms with Crippen LogP contribution in [0.5, 0.6) is 0 Å². The lowest BCUT2D eigenvalue weighted by Gasteiger charge is -2.31. The molecule has 2 heterocycles. The molecule has 6 nitrogen and oxygen atoms in total. The topological polar surface area (TPSA) is 79.4 Å². The van der Waals surface area contributed by atoms with E-state index < -0.39 is 10.0 Å². The second-order valence-electron chi connectivity index (χ2n) is 8.06. The molecule has 1 unspecified atom stereocenters. The first kappa shape index (κ1) is 25.6. The molecular formula is C23H22BrCl2N3O3S2. The number of benzene rings is 2. The van der Waals surface area contributed by atoms with Crippen molar-refractivity contribution in [1.29, 1.82) is 0 Å². The van der Waals surface area contributed by atoms with Crippen LogP contribution in [-0.4, -0.2) is 36.7 Å². The van der Waals surface area contributed by atoms with Crippen molar-refractivity contribution in [2.75, 3.05) is 13.1 Å². The van der Waals surface area contributed by atoms with Crippen molar-refractivity contribution in [2.45, 2.75) is 30.7 Å². The molecule has 0 bridgehead atoms. The summed E-state index contributed by atoms with van der Waals surface area (Å²) < 4.78 is 28.0. The van der Waals surface area contributed by atoms with Crippen LogP contribution in [0.4, 0.5) is 0 Å². The van der Waals surface area contributed by atoms with E-state index in [-0.39, 0.29) is 22.8 Å². The Morgan fingerprint density at radius 2 is 1.85 bits per heavy atom. The molecular weight excluding hydrogens is 581 g/mol. The van der Waals surface area contributed by atoms with E-state index in [1.165, 1.54) is 15.6 Å². The molecule has 1 aromatic heterocycles. The highest BCUT2D eigenvalue weighted by molar-refractivity contribution is 9.10. The summed E-state index contributed by atoms with van der Waals surface area (Å²) in [6, 6.07) is 11.6. The molecule has 1 atom stereocenters. The van der Waals surface area contributed by atoms with Crippen LogP contribution in [0.3, 0.4) is 0 Å². The fourth-order valence-electron chi connectivity index (χ4n) is 3.81. The standard InChI is InChI=1S/C23H22BrCl2N3O3S2/c1-14(23-28-21(13-33-23)19-7-4-17(25)12-20(19)26)27-22(30)15-8-10-29(11-9-15)34(31,32)18-5-2-16(24)3-6-18/h2-7,12-15H,8-11H2,1H3,(H,27,30). The van der Waals surface area contributed by atoms with Crippen molar-refractivity contribution in [3.05, 3.63) is 67.4 Å². The van der Waals surface area contributed by atoms with Gasteiger partial charge in [0.15, 0.2) is 0 Å². The maximum atomic E-state index is 12.9. The number of carbonyl (C=O) groups is 1. The van der Waals surface area contributed by atoms with E-state index in [1.807, 2.05) is 18.4 Å². The van der Waals surface area contributed by atoms with Gasteiger partial charge in [0.1, 0.15) is 5.01 Å². The van der Waals surface area contributed by atoms with Gasteiger partial charge in [-0.15, -0.1) is 11.3 Å². The van der Waals surface area contributed by atoms with Gasteiger partial charge in [-0.1, -0.05) is 39.1 Å². The summed E-state index contributed by atoms with van der Waals surface area (Å²) in [5.41, 5.74) is 1.51. The molecule has 1 fully saturated rings. The van der Waals surface area contributed by atoms with E-state index in [0.717, 1.165) is 20.7 Å². The molecule has 2 aromatic carbocycles. The second kappa shape index (κ2) is 10.6. The minimum absolute atomic E-state index is 0.0885. The number of nitrogens with one attached hydrogen (secondary N) is 1. The highest BCUT2D eigenvalue weighted by Crippen LogP contribution is 2.33. The van der Waals surface area contributed by atoms with Gasteiger partial charge < -0.3 is 5.32 Å². The molecule has 4 rings (SSSR count). The van der Waals surface area contributed by atoms with Gasteiger partial charge in [-0.3, -0.25) is 4.79 Å². The highest BCUT2D eigenvalue weighted by atomic mass is 79.9. The lowest BCUT2D eigenvalue weighted by molar-refractivity contribution is -0.126.